The molecule has 2 rings (SSSR count). The molecule has 0 radical (unpaired) electrons. The molecule has 1 aromatic carbocycles. The van der Waals surface area contributed by atoms with Crippen LogP contribution in [0.5, 0.6) is 5.75 Å². The zero-order chi connectivity index (χ0) is 9.80. The highest BCUT2D eigenvalue weighted by Crippen LogP contribution is 2.10. The number of ether oxygens (including phenoxy) is 1. The van der Waals surface area contributed by atoms with Crippen LogP contribution in [0.15, 0.2) is 40.3 Å². The molecular weight excluding hydrogens is 180 g/mol. The molecule has 0 aliphatic carbocycles. The van der Waals surface area contributed by atoms with Crippen LogP contribution in [-0.2, 0) is 4.79 Å². The fraction of sp³-hybridized carbons (Fsp3) is 0.100. The van der Waals surface area contributed by atoms with Crippen molar-refractivity contribution >= 4 is 18.5 Å². The van der Waals surface area contributed by atoms with Gasteiger partial charge in [0.05, 0.1) is 0 Å². The fourth-order valence-electron chi connectivity index (χ4n) is 1.06. The lowest BCUT2D eigenvalue weighted by Crippen LogP contribution is -2.23. The Balaban J connectivity index is 2.02. The first-order valence-corrected chi connectivity index (χ1v) is 4.18. The van der Waals surface area contributed by atoms with E-state index in [1.807, 2.05) is 6.07 Å². The molecule has 0 aromatic heterocycles. The van der Waals surface area contributed by atoms with Gasteiger partial charge in [0.2, 0.25) is 0 Å². The van der Waals surface area contributed by atoms with E-state index in [2.05, 4.69) is 9.98 Å². The average molecular weight is 188 g/mol. The first kappa shape index (κ1) is 8.62. The van der Waals surface area contributed by atoms with Crippen molar-refractivity contribution in [2.75, 3.05) is 0 Å². The van der Waals surface area contributed by atoms with Gasteiger partial charge < -0.3 is 4.74 Å². The highest BCUT2D eigenvalue weighted by molar-refractivity contribution is 6.01. The summed E-state index contributed by atoms with van der Waals surface area (Å²) in [7, 11) is 0. The van der Waals surface area contributed by atoms with E-state index in [-0.39, 0.29) is 0 Å². The third kappa shape index (κ3) is 1.85. The summed E-state index contributed by atoms with van der Waals surface area (Å²) in [6, 6.07) is 8.30. The van der Waals surface area contributed by atoms with Crippen molar-refractivity contribution in [3.05, 3.63) is 30.3 Å². The van der Waals surface area contributed by atoms with Crippen LogP contribution in [-0.4, -0.2) is 24.6 Å². The van der Waals surface area contributed by atoms with Crippen LogP contribution in [0.25, 0.3) is 0 Å². The molecule has 0 N–H and O–H groups in total. The van der Waals surface area contributed by atoms with Gasteiger partial charge in [-0.25, -0.2) is 9.79 Å². The Bertz CT molecular complexity index is 372. The highest BCUT2D eigenvalue weighted by atomic mass is 16.5. The fourth-order valence-corrected chi connectivity index (χ4v) is 1.06. The SMILES string of the molecule is O=C(Oc1ccccc1)C1C=NC=N1. The van der Waals surface area contributed by atoms with E-state index in [1.165, 1.54) is 12.6 Å². The maximum Gasteiger partial charge on any atom is 0.341 e. The molecule has 0 fully saturated rings. The smallest absolute Gasteiger partial charge is 0.341 e. The molecule has 1 aliphatic heterocycles. The minimum Gasteiger partial charge on any atom is -0.425 e. The second-order valence-corrected chi connectivity index (χ2v) is 2.74. The second kappa shape index (κ2) is 3.83. The topological polar surface area (TPSA) is 51.0 Å². The zero-order valence-electron chi connectivity index (χ0n) is 7.33. The van der Waals surface area contributed by atoms with Crippen LogP contribution in [0.1, 0.15) is 0 Å². The van der Waals surface area contributed by atoms with E-state index in [0.29, 0.717) is 5.75 Å². The molecule has 14 heavy (non-hydrogen) atoms. The van der Waals surface area contributed by atoms with Gasteiger partial charge in [-0.15, -0.1) is 0 Å². The summed E-state index contributed by atoms with van der Waals surface area (Å²) in [5.41, 5.74) is 0. The van der Waals surface area contributed by atoms with Gasteiger partial charge in [-0.3, -0.25) is 4.99 Å². The quantitative estimate of drug-likeness (QED) is 0.515. The van der Waals surface area contributed by atoms with Crippen molar-refractivity contribution in [1.82, 2.24) is 0 Å². The number of esters is 1. The maximum absolute atomic E-state index is 11.4. The normalized spacial score (nSPS) is 18.4. The number of hydrogen-bond acceptors (Lipinski definition) is 4. The Morgan fingerprint density at radius 2 is 2.07 bits per heavy atom. The Morgan fingerprint density at radius 1 is 1.29 bits per heavy atom. The number of para-hydroxylation sites is 1. The van der Waals surface area contributed by atoms with Crippen LogP contribution in [0.2, 0.25) is 0 Å². The second-order valence-electron chi connectivity index (χ2n) is 2.74. The Morgan fingerprint density at radius 3 is 2.71 bits per heavy atom. The molecule has 1 aliphatic rings. The minimum absolute atomic E-state index is 0.409. The van der Waals surface area contributed by atoms with E-state index in [4.69, 9.17) is 4.74 Å². The van der Waals surface area contributed by atoms with E-state index in [1.54, 1.807) is 24.3 Å². The number of carbonyl (C=O) groups excluding carboxylic acids is 1. The molecule has 0 bridgehead atoms. The summed E-state index contributed by atoms with van der Waals surface area (Å²) in [6.45, 7) is 0. The van der Waals surface area contributed by atoms with Gasteiger partial charge in [-0.05, 0) is 12.1 Å². The molecule has 0 saturated carbocycles. The molecule has 70 valence electrons. The Kier molecular flexibility index (Phi) is 2.36. The number of carbonyl (C=O) groups is 1. The zero-order valence-corrected chi connectivity index (χ0v) is 7.33. The van der Waals surface area contributed by atoms with Crippen molar-refractivity contribution in [2.24, 2.45) is 9.98 Å². The molecule has 1 aromatic rings. The largest absolute Gasteiger partial charge is 0.425 e. The molecular formula is C10H8N2O2. The minimum atomic E-state index is -0.588. The lowest BCUT2D eigenvalue weighted by atomic mass is 10.3. The average Bonchev–Trinajstić information content (AvgIpc) is 2.72. The van der Waals surface area contributed by atoms with Gasteiger partial charge in [0.1, 0.15) is 12.1 Å². The summed E-state index contributed by atoms with van der Waals surface area (Å²) >= 11 is 0. The van der Waals surface area contributed by atoms with E-state index >= 15 is 0 Å². The summed E-state index contributed by atoms with van der Waals surface area (Å²) in [5.74, 6) is 0.113. The lowest BCUT2D eigenvalue weighted by molar-refractivity contribution is -0.134. The molecule has 1 unspecified atom stereocenters. The third-order valence-corrected chi connectivity index (χ3v) is 1.72. The molecule has 1 atom stereocenters. The van der Waals surface area contributed by atoms with E-state index in [0.717, 1.165) is 0 Å². The van der Waals surface area contributed by atoms with Gasteiger partial charge in [0.15, 0.2) is 6.04 Å². The summed E-state index contributed by atoms with van der Waals surface area (Å²) in [5, 5.41) is 0. The molecule has 0 saturated heterocycles. The number of rotatable bonds is 2. The first-order chi connectivity index (χ1) is 6.86. The van der Waals surface area contributed by atoms with Crippen LogP contribution in [0.3, 0.4) is 0 Å². The van der Waals surface area contributed by atoms with Gasteiger partial charge in [-0.2, -0.15) is 0 Å². The van der Waals surface area contributed by atoms with Crippen LogP contribution >= 0.6 is 0 Å². The van der Waals surface area contributed by atoms with Gasteiger partial charge >= 0.3 is 5.97 Å². The summed E-state index contributed by atoms with van der Waals surface area (Å²) in [4.78, 5) is 18.9. The van der Waals surface area contributed by atoms with Gasteiger partial charge in [0, 0.05) is 6.21 Å². The number of aliphatic imine (C=N–C) groups is 2. The molecule has 1 heterocycles. The van der Waals surface area contributed by atoms with Crippen molar-refractivity contribution in [1.29, 1.82) is 0 Å². The summed E-state index contributed by atoms with van der Waals surface area (Å²) in [6.07, 6.45) is 2.79. The van der Waals surface area contributed by atoms with Gasteiger partial charge in [-0.1, -0.05) is 18.2 Å². The standard InChI is InChI=1S/C10H8N2O2/c13-10(9-6-11-7-12-9)14-8-4-2-1-3-5-8/h1-7,9H. The van der Waals surface area contributed by atoms with Crippen molar-refractivity contribution in [3.8, 4) is 5.75 Å². The van der Waals surface area contributed by atoms with E-state index < -0.39 is 12.0 Å². The number of benzene rings is 1. The van der Waals surface area contributed by atoms with Crippen LogP contribution in [0, 0.1) is 0 Å². The maximum atomic E-state index is 11.4. The van der Waals surface area contributed by atoms with E-state index in [9.17, 15) is 4.79 Å². The Labute approximate surface area is 81.0 Å². The Hall–Kier alpha value is -1.97. The number of hydrogen-bond donors (Lipinski definition) is 0. The van der Waals surface area contributed by atoms with Crippen molar-refractivity contribution < 1.29 is 9.53 Å². The predicted octanol–water partition coefficient (Wildman–Crippen LogP) is 1.07. The van der Waals surface area contributed by atoms with Crippen LogP contribution < -0.4 is 4.74 Å². The monoisotopic (exact) mass is 188 g/mol. The van der Waals surface area contributed by atoms with Crippen molar-refractivity contribution in [2.45, 2.75) is 6.04 Å². The first-order valence-electron chi connectivity index (χ1n) is 4.18. The third-order valence-electron chi connectivity index (χ3n) is 1.72. The highest BCUT2D eigenvalue weighted by Gasteiger charge is 2.18. The van der Waals surface area contributed by atoms with Crippen LogP contribution in [0.4, 0.5) is 0 Å². The molecule has 4 heteroatoms. The van der Waals surface area contributed by atoms with Gasteiger partial charge in [0.25, 0.3) is 0 Å². The summed E-state index contributed by atoms with van der Waals surface area (Å²) < 4.78 is 5.05. The molecule has 0 spiro atoms. The van der Waals surface area contributed by atoms with Crippen molar-refractivity contribution in [3.63, 3.8) is 0 Å². The molecule has 0 amide bonds. The lowest BCUT2D eigenvalue weighted by Gasteiger charge is -2.04. The molecule has 4 nitrogen and oxygen atoms in total. The number of nitrogens with zero attached hydrogens (tertiary/aromatic N) is 2. The predicted molar refractivity (Wildman–Crippen MR) is 52.8 cm³/mol.